The molecule has 3 rings (SSSR count). The van der Waals surface area contributed by atoms with E-state index < -0.39 is 12.1 Å². The Morgan fingerprint density at radius 3 is 1.70 bits per heavy atom. The van der Waals surface area contributed by atoms with Crippen molar-refractivity contribution in [1.82, 2.24) is 10.9 Å². The third kappa shape index (κ3) is 6.74. The smallest absolute Gasteiger partial charge is 0.337 e. The summed E-state index contributed by atoms with van der Waals surface area (Å²) in [6.07, 6.45) is 0. The van der Waals surface area contributed by atoms with Crippen molar-refractivity contribution in [2.45, 2.75) is 39.5 Å². The van der Waals surface area contributed by atoms with E-state index in [1.165, 1.54) is 0 Å². The van der Waals surface area contributed by atoms with Crippen LogP contribution in [0, 0.1) is 0 Å². The van der Waals surface area contributed by atoms with Crippen LogP contribution in [0.4, 0.5) is 21.0 Å². The Balaban J connectivity index is 1.53. The van der Waals surface area contributed by atoms with Gasteiger partial charge in [0.15, 0.2) is 0 Å². The Bertz CT molecular complexity index is 1050. The van der Waals surface area contributed by atoms with Crippen molar-refractivity contribution >= 4 is 23.4 Å². The third-order valence-corrected chi connectivity index (χ3v) is 4.99. The highest BCUT2D eigenvalue weighted by Crippen LogP contribution is 2.32. The first-order valence-corrected chi connectivity index (χ1v) is 10.9. The summed E-state index contributed by atoms with van der Waals surface area (Å²) in [5, 5.41) is 5.55. The number of ether oxygens (including phenoxy) is 1. The van der Waals surface area contributed by atoms with Crippen LogP contribution in [0.25, 0.3) is 0 Å². The highest BCUT2D eigenvalue weighted by atomic mass is 16.5. The fourth-order valence-electron chi connectivity index (χ4n) is 3.35. The molecule has 0 aliphatic heterocycles. The summed E-state index contributed by atoms with van der Waals surface area (Å²) in [5.74, 6) is 1.86. The van der Waals surface area contributed by atoms with Gasteiger partial charge in [-0.2, -0.15) is 0 Å². The van der Waals surface area contributed by atoms with E-state index in [4.69, 9.17) is 4.74 Å². The molecule has 0 fully saturated rings. The molecule has 172 valence electrons. The molecule has 0 radical (unpaired) electrons. The number of para-hydroxylation sites is 2. The highest BCUT2D eigenvalue weighted by molar-refractivity contribution is 5.95. The van der Waals surface area contributed by atoms with Gasteiger partial charge in [-0.25, -0.2) is 20.4 Å². The molecule has 0 bridgehead atoms. The maximum atomic E-state index is 12.5. The number of amides is 4. The molecule has 0 heterocycles. The number of carbonyl (C=O) groups is 2. The molecule has 4 amide bonds. The number of urea groups is 2. The van der Waals surface area contributed by atoms with Gasteiger partial charge >= 0.3 is 12.1 Å². The fraction of sp³-hybridized carbons (Fsp3) is 0.231. The number of hydrazine groups is 1. The van der Waals surface area contributed by atoms with Crippen LogP contribution in [0.5, 0.6) is 11.5 Å². The normalized spacial score (nSPS) is 10.6. The van der Waals surface area contributed by atoms with Crippen molar-refractivity contribution < 1.29 is 14.3 Å². The molecule has 3 aromatic rings. The van der Waals surface area contributed by atoms with E-state index >= 15 is 0 Å². The number of carbonyl (C=O) groups excluding carboxylic acids is 2. The maximum Gasteiger partial charge on any atom is 0.337 e. The molecule has 7 nitrogen and oxygen atoms in total. The van der Waals surface area contributed by atoms with E-state index in [-0.39, 0.29) is 11.8 Å². The minimum absolute atomic E-state index is 0.240. The van der Waals surface area contributed by atoms with E-state index in [2.05, 4.69) is 49.2 Å². The van der Waals surface area contributed by atoms with E-state index in [0.29, 0.717) is 11.4 Å². The van der Waals surface area contributed by atoms with Crippen molar-refractivity contribution in [3.05, 3.63) is 83.9 Å². The monoisotopic (exact) mass is 446 g/mol. The number of rotatable bonds is 6. The average molecular weight is 447 g/mol. The predicted octanol–water partition coefficient (Wildman–Crippen LogP) is 6.58. The van der Waals surface area contributed by atoms with E-state index in [9.17, 15) is 9.59 Å². The Kier molecular flexibility index (Phi) is 7.91. The lowest BCUT2D eigenvalue weighted by atomic mass is 9.93. The minimum atomic E-state index is -0.567. The molecule has 7 heteroatoms. The van der Waals surface area contributed by atoms with E-state index in [1.54, 1.807) is 24.3 Å². The van der Waals surface area contributed by atoms with Crippen LogP contribution < -0.4 is 26.2 Å². The van der Waals surface area contributed by atoms with Crippen LogP contribution in [0.2, 0.25) is 0 Å². The summed E-state index contributed by atoms with van der Waals surface area (Å²) in [5.41, 5.74) is 8.16. The molecule has 0 aromatic heterocycles. The van der Waals surface area contributed by atoms with Gasteiger partial charge in [-0.1, -0.05) is 64.1 Å². The number of hydrogen-bond donors (Lipinski definition) is 4. The zero-order chi connectivity index (χ0) is 23.8. The molecule has 0 unspecified atom stereocenters. The van der Waals surface area contributed by atoms with Crippen LogP contribution in [0.15, 0.2) is 72.8 Å². The number of nitrogens with one attached hydrogen (secondary N) is 4. The standard InChI is InChI=1S/C26H30N4O3/c1-17(2)22-11-8-12-23(18(3)4)24(22)28-26(32)30-29-25(31)27-19-13-15-21(16-14-19)33-20-9-6-5-7-10-20/h5-18H,1-4H3,(H2,27,29,31)(H2,28,30,32). The van der Waals surface area contributed by atoms with Gasteiger partial charge in [-0.05, 0) is 59.4 Å². The lowest BCUT2D eigenvalue weighted by Crippen LogP contribution is -2.46. The van der Waals surface area contributed by atoms with E-state index in [1.807, 2.05) is 48.5 Å². The van der Waals surface area contributed by atoms with Crippen LogP contribution in [-0.2, 0) is 0 Å². The molecule has 0 aliphatic rings. The van der Waals surface area contributed by atoms with Gasteiger partial charge in [-0.15, -0.1) is 0 Å². The largest absolute Gasteiger partial charge is 0.457 e. The van der Waals surface area contributed by atoms with Gasteiger partial charge in [0.25, 0.3) is 0 Å². The van der Waals surface area contributed by atoms with Gasteiger partial charge in [0.2, 0.25) is 0 Å². The fourth-order valence-corrected chi connectivity index (χ4v) is 3.35. The molecule has 3 aromatic carbocycles. The lowest BCUT2D eigenvalue weighted by molar-refractivity contribution is 0.237. The molecule has 0 saturated heterocycles. The Hall–Kier alpha value is -4.00. The van der Waals surface area contributed by atoms with Crippen LogP contribution in [0.1, 0.15) is 50.7 Å². The molecule has 4 N–H and O–H groups in total. The van der Waals surface area contributed by atoms with Gasteiger partial charge in [0.05, 0.1) is 0 Å². The molecule has 33 heavy (non-hydrogen) atoms. The summed E-state index contributed by atoms with van der Waals surface area (Å²) in [7, 11) is 0. The summed E-state index contributed by atoms with van der Waals surface area (Å²) in [6.45, 7) is 8.30. The van der Waals surface area contributed by atoms with Crippen LogP contribution in [0.3, 0.4) is 0 Å². The predicted molar refractivity (Wildman–Crippen MR) is 132 cm³/mol. The first kappa shape index (κ1) is 23.7. The Morgan fingerprint density at radius 2 is 1.15 bits per heavy atom. The summed E-state index contributed by atoms with van der Waals surface area (Å²) in [6, 6.07) is 21.3. The zero-order valence-electron chi connectivity index (χ0n) is 19.3. The highest BCUT2D eigenvalue weighted by Gasteiger charge is 2.16. The second kappa shape index (κ2) is 11.0. The summed E-state index contributed by atoms with van der Waals surface area (Å²) < 4.78 is 5.73. The summed E-state index contributed by atoms with van der Waals surface area (Å²) >= 11 is 0. The molecule has 0 saturated carbocycles. The number of anilines is 2. The quantitative estimate of drug-likeness (QED) is 0.322. The first-order valence-electron chi connectivity index (χ1n) is 10.9. The van der Waals surface area contributed by atoms with Crippen molar-refractivity contribution in [3.63, 3.8) is 0 Å². The van der Waals surface area contributed by atoms with E-state index in [0.717, 1.165) is 22.6 Å². The van der Waals surface area contributed by atoms with Crippen molar-refractivity contribution in [1.29, 1.82) is 0 Å². The number of hydrogen-bond acceptors (Lipinski definition) is 3. The molecule has 0 atom stereocenters. The lowest BCUT2D eigenvalue weighted by Gasteiger charge is -2.20. The third-order valence-electron chi connectivity index (χ3n) is 4.99. The zero-order valence-corrected chi connectivity index (χ0v) is 19.3. The topological polar surface area (TPSA) is 91.5 Å². The van der Waals surface area contributed by atoms with Gasteiger partial charge < -0.3 is 15.4 Å². The van der Waals surface area contributed by atoms with Crippen LogP contribution >= 0.6 is 0 Å². The second-order valence-corrected chi connectivity index (χ2v) is 8.22. The van der Waals surface area contributed by atoms with Crippen molar-refractivity contribution in [3.8, 4) is 11.5 Å². The average Bonchev–Trinajstić information content (AvgIpc) is 2.79. The minimum Gasteiger partial charge on any atom is -0.457 e. The first-order chi connectivity index (χ1) is 15.8. The molecule has 0 aliphatic carbocycles. The molecular weight excluding hydrogens is 416 g/mol. The van der Waals surface area contributed by atoms with Gasteiger partial charge in [-0.3, -0.25) is 0 Å². The second-order valence-electron chi connectivity index (χ2n) is 8.22. The molecular formula is C26H30N4O3. The SMILES string of the molecule is CC(C)c1cccc(C(C)C)c1NC(=O)NNC(=O)Nc1ccc(Oc2ccccc2)cc1. The Labute approximate surface area is 194 Å². The van der Waals surface area contributed by atoms with Gasteiger partial charge in [0.1, 0.15) is 11.5 Å². The maximum absolute atomic E-state index is 12.5. The Morgan fingerprint density at radius 1 is 0.636 bits per heavy atom. The molecule has 0 spiro atoms. The van der Waals surface area contributed by atoms with Crippen molar-refractivity contribution in [2.75, 3.05) is 10.6 Å². The van der Waals surface area contributed by atoms with Crippen molar-refractivity contribution in [2.24, 2.45) is 0 Å². The summed E-state index contributed by atoms with van der Waals surface area (Å²) in [4.78, 5) is 24.7. The number of benzene rings is 3. The van der Waals surface area contributed by atoms with Gasteiger partial charge in [0, 0.05) is 11.4 Å². The van der Waals surface area contributed by atoms with Crippen LogP contribution in [-0.4, -0.2) is 12.1 Å².